The summed E-state index contributed by atoms with van der Waals surface area (Å²) in [7, 11) is 0. The van der Waals surface area contributed by atoms with Gasteiger partial charge in [-0.25, -0.2) is 0 Å². The summed E-state index contributed by atoms with van der Waals surface area (Å²) in [6.07, 6.45) is 1.17. The molecule has 0 radical (unpaired) electrons. The van der Waals surface area contributed by atoms with Crippen molar-refractivity contribution in [2.75, 3.05) is 13.1 Å². The van der Waals surface area contributed by atoms with Crippen LogP contribution < -0.4 is 5.73 Å². The Kier molecular flexibility index (Phi) is 4.08. The molecule has 0 spiro atoms. The predicted octanol–water partition coefficient (Wildman–Crippen LogP) is 2.78. The SMILES string of the molecule is Cc1cc(C)c(CN2CC(C)CC(N)C2)cc1C. The minimum atomic E-state index is 0.348. The van der Waals surface area contributed by atoms with E-state index in [0.717, 1.165) is 19.0 Å². The molecule has 0 saturated carbocycles. The first-order valence-electron chi connectivity index (χ1n) is 7.00. The standard InChI is InChI=1S/C16H26N2/c1-11-5-16(17)10-18(8-11)9-15-7-13(3)12(2)6-14(15)4/h6-7,11,16H,5,8-10,17H2,1-4H3. The monoisotopic (exact) mass is 246 g/mol. The number of likely N-dealkylation sites (tertiary alicyclic amines) is 1. The highest BCUT2D eigenvalue weighted by Crippen LogP contribution is 2.21. The number of nitrogens with two attached hydrogens (primary N) is 1. The average Bonchev–Trinajstić information content (AvgIpc) is 2.24. The Hall–Kier alpha value is -0.860. The fraction of sp³-hybridized carbons (Fsp3) is 0.625. The van der Waals surface area contributed by atoms with E-state index in [0.29, 0.717) is 6.04 Å². The van der Waals surface area contributed by atoms with Crippen LogP contribution in [-0.4, -0.2) is 24.0 Å². The van der Waals surface area contributed by atoms with Crippen molar-refractivity contribution >= 4 is 0 Å². The van der Waals surface area contributed by atoms with Crippen molar-refractivity contribution < 1.29 is 0 Å². The molecule has 1 saturated heterocycles. The molecule has 2 unspecified atom stereocenters. The van der Waals surface area contributed by atoms with E-state index in [9.17, 15) is 0 Å². The molecule has 0 bridgehead atoms. The van der Waals surface area contributed by atoms with Crippen molar-refractivity contribution in [2.45, 2.75) is 46.7 Å². The fourth-order valence-electron chi connectivity index (χ4n) is 3.07. The molecule has 0 amide bonds. The molecule has 1 aliphatic rings. The Bertz CT molecular complexity index is 415. The van der Waals surface area contributed by atoms with Crippen molar-refractivity contribution in [3.63, 3.8) is 0 Å². The van der Waals surface area contributed by atoms with E-state index in [1.807, 2.05) is 0 Å². The lowest BCUT2D eigenvalue weighted by atomic mass is 9.95. The van der Waals surface area contributed by atoms with Crippen LogP contribution in [0.25, 0.3) is 0 Å². The lowest BCUT2D eigenvalue weighted by Crippen LogP contribution is -2.45. The molecule has 0 aromatic heterocycles. The lowest BCUT2D eigenvalue weighted by molar-refractivity contribution is 0.158. The van der Waals surface area contributed by atoms with E-state index in [1.165, 1.54) is 35.2 Å². The number of rotatable bonds is 2. The molecule has 1 aromatic carbocycles. The number of hydrogen-bond acceptors (Lipinski definition) is 2. The number of piperidine rings is 1. The summed E-state index contributed by atoms with van der Waals surface area (Å²) in [6.45, 7) is 12.2. The highest BCUT2D eigenvalue weighted by atomic mass is 15.1. The van der Waals surface area contributed by atoms with Crippen LogP contribution in [0.2, 0.25) is 0 Å². The van der Waals surface area contributed by atoms with Crippen LogP contribution in [0.15, 0.2) is 12.1 Å². The maximum Gasteiger partial charge on any atom is 0.0237 e. The zero-order valence-electron chi connectivity index (χ0n) is 12.2. The lowest BCUT2D eigenvalue weighted by Gasteiger charge is -2.35. The van der Waals surface area contributed by atoms with Gasteiger partial charge in [-0.15, -0.1) is 0 Å². The van der Waals surface area contributed by atoms with Crippen molar-refractivity contribution in [1.82, 2.24) is 4.90 Å². The summed E-state index contributed by atoms with van der Waals surface area (Å²) >= 11 is 0. The van der Waals surface area contributed by atoms with Gasteiger partial charge in [0, 0.05) is 25.7 Å². The largest absolute Gasteiger partial charge is 0.327 e. The summed E-state index contributed by atoms with van der Waals surface area (Å²) in [6, 6.07) is 4.99. The van der Waals surface area contributed by atoms with Gasteiger partial charge in [0.2, 0.25) is 0 Å². The van der Waals surface area contributed by atoms with Crippen LogP contribution in [-0.2, 0) is 6.54 Å². The van der Waals surface area contributed by atoms with Crippen LogP contribution in [0.4, 0.5) is 0 Å². The van der Waals surface area contributed by atoms with E-state index < -0.39 is 0 Å². The first-order chi connectivity index (χ1) is 8.45. The Morgan fingerprint density at radius 2 is 1.78 bits per heavy atom. The molecule has 1 fully saturated rings. The van der Waals surface area contributed by atoms with Crippen molar-refractivity contribution in [2.24, 2.45) is 11.7 Å². The molecule has 2 atom stereocenters. The molecular weight excluding hydrogens is 220 g/mol. The quantitative estimate of drug-likeness (QED) is 0.869. The summed E-state index contributed by atoms with van der Waals surface area (Å²) < 4.78 is 0. The maximum atomic E-state index is 6.12. The van der Waals surface area contributed by atoms with Gasteiger partial charge in [-0.3, -0.25) is 4.90 Å². The molecule has 1 aromatic rings. The fourth-order valence-corrected chi connectivity index (χ4v) is 3.07. The van der Waals surface area contributed by atoms with Crippen LogP contribution in [0.5, 0.6) is 0 Å². The summed E-state index contributed by atoms with van der Waals surface area (Å²) in [5, 5.41) is 0. The number of nitrogens with zero attached hydrogens (tertiary/aromatic N) is 1. The van der Waals surface area contributed by atoms with E-state index in [2.05, 4.69) is 44.7 Å². The topological polar surface area (TPSA) is 29.3 Å². The third-order valence-electron chi connectivity index (χ3n) is 4.11. The Morgan fingerprint density at radius 1 is 1.11 bits per heavy atom. The van der Waals surface area contributed by atoms with Gasteiger partial charge in [-0.05, 0) is 55.4 Å². The third kappa shape index (κ3) is 3.12. The Balaban J connectivity index is 2.11. The molecule has 100 valence electrons. The van der Waals surface area contributed by atoms with Gasteiger partial charge >= 0.3 is 0 Å². The first-order valence-corrected chi connectivity index (χ1v) is 7.00. The first kappa shape index (κ1) is 13.6. The molecule has 2 nitrogen and oxygen atoms in total. The van der Waals surface area contributed by atoms with Crippen LogP contribution >= 0.6 is 0 Å². The van der Waals surface area contributed by atoms with Gasteiger partial charge in [-0.1, -0.05) is 19.1 Å². The van der Waals surface area contributed by atoms with E-state index in [4.69, 9.17) is 5.73 Å². The smallest absolute Gasteiger partial charge is 0.0237 e. The molecule has 2 heteroatoms. The minimum Gasteiger partial charge on any atom is -0.327 e. The van der Waals surface area contributed by atoms with Gasteiger partial charge in [0.05, 0.1) is 0 Å². The molecule has 18 heavy (non-hydrogen) atoms. The maximum absolute atomic E-state index is 6.12. The number of benzene rings is 1. The molecule has 0 aliphatic carbocycles. The second kappa shape index (κ2) is 5.41. The Labute approximate surface area is 111 Å². The summed E-state index contributed by atoms with van der Waals surface area (Å²) in [5.41, 5.74) is 11.8. The van der Waals surface area contributed by atoms with E-state index in [1.54, 1.807) is 0 Å². The molecule has 1 heterocycles. The zero-order valence-corrected chi connectivity index (χ0v) is 12.2. The van der Waals surface area contributed by atoms with Crippen LogP contribution in [0, 0.1) is 26.7 Å². The highest BCUT2D eigenvalue weighted by Gasteiger charge is 2.22. The average molecular weight is 246 g/mol. The molecule has 2 N–H and O–H groups in total. The number of aryl methyl sites for hydroxylation is 3. The van der Waals surface area contributed by atoms with Crippen molar-refractivity contribution in [1.29, 1.82) is 0 Å². The molecular formula is C16H26N2. The van der Waals surface area contributed by atoms with Gasteiger partial charge < -0.3 is 5.73 Å². The summed E-state index contributed by atoms with van der Waals surface area (Å²) in [4.78, 5) is 2.51. The van der Waals surface area contributed by atoms with Crippen LogP contribution in [0.1, 0.15) is 35.6 Å². The zero-order chi connectivity index (χ0) is 13.3. The predicted molar refractivity (Wildman–Crippen MR) is 77.7 cm³/mol. The molecule has 2 rings (SSSR count). The van der Waals surface area contributed by atoms with Crippen molar-refractivity contribution in [3.8, 4) is 0 Å². The van der Waals surface area contributed by atoms with Crippen LogP contribution in [0.3, 0.4) is 0 Å². The normalized spacial score (nSPS) is 25.4. The van der Waals surface area contributed by atoms with E-state index in [-0.39, 0.29) is 0 Å². The highest BCUT2D eigenvalue weighted by molar-refractivity contribution is 5.36. The number of hydrogen-bond donors (Lipinski definition) is 1. The second-order valence-corrected chi connectivity index (χ2v) is 6.16. The van der Waals surface area contributed by atoms with E-state index >= 15 is 0 Å². The van der Waals surface area contributed by atoms with Gasteiger partial charge in [0.1, 0.15) is 0 Å². The third-order valence-corrected chi connectivity index (χ3v) is 4.11. The Morgan fingerprint density at radius 3 is 2.44 bits per heavy atom. The van der Waals surface area contributed by atoms with Gasteiger partial charge in [0.25, 0.3) is 0 Å². The summed E-state index contributed by atoms with van der Waals surface area (Å²) in [5.74, 6) is 0.723. The van der Waals surface area contributed by atoms with Gasteiger partial charge in [0.15, 0.2) is 0 Å². The minimum absolute atomic E-state index is 0.348. The van der Waals surface area contributed by atoms with Gasteiger partial charge in [-0.2, -0.15) is 0 Å². The second-order valence-electron chi connectivity index (χ2n) is 6.16. The molecule has 1 aliphatic heterocycles. The van der Waals surface area contributed by atoms with Crippen molar-refractivity contribution in [3.05, 3.63) is 34.4 Å².